The number of carbonyl (C=O) groups is 3. The molecule has 22 heavy (non-hydrogen) atoms. The van der Waals surface area contributed by atoms with E-state index in [9.17, 15) is 14.4 Å². The molecule has 0 bridgehead atoms. The lowest BCUT2D eigenvalue weighted by Gasteiger charge is -2.29. The Morgan fingerprint density at radius 1 is 1.18 bits per heavy atom. The standard InChI is InChI=1S/C16H25N3O3/c17-13(20)12(10-11-6-2-1-3-7-11)19-14(21)16(18-15(19)22)8-4-5-9-16/h11-12H,1-10H2,(H2,17,20)(H,18,22). The van der Waals surface area contributed by atoms with Crippen LogP contribution in [0.4, 0.5) is 4.79 Å². The number of imide groups is 1. The first-order valence-corrected chi connectivity index (χ1v) is 8.49. The predicted octanol–water partition coefficient (Wildman–Crippen LogP) is 1.68. The Kier molecular flexibility index (Phi) is 4.10. The Morgan fingerprint density at radius 2 is 1.82 bits per heavy atom. The number of primary amides is 1. The maximum atomic E-state index is 12.8. The number of hydrogen-bond donors (Lipinski definition) is 2. The molecule has 0 aromatic heterocycles. The van der Waals surface area contributed by atoms with Crippen LogP contribution in [0.3, 0.4) is 0 Å². The summed E-state index contributed by atoms with van der Waals surface area (Å²) in [4.78, 5) is 38.1. The van der Waals surface area contributed by atoms with Crippen LogP contribution in [0.5, 0.6) is 0 Å². The van der Waals surface area contributed by atoms with E-state index in [1.54, 1.807) is 0 Å². The normalized spacial score (nSPS) is 26.5. The molecule has 1 spiro atoms. The van der Waals surface area contributed by atoms with Gasteiger partial charge in [0.2, 0.25) is 5.91 Å². The van der Waals surface area contributed by atoms with Crippen molar-refractivity contribution in [3.63, 3.8) is 0 Å². The van der Waals surface area contributed by atoms with Crippen LogP contribution < -0.4 is 11.1 Å². The average molecular weight is 307 g/mol. The van der Waals surface area contributed by atoms with E-state index in [4.69, 9.17) is 5.73 Å². The van der Waals surface area contributed by atoms with Crippen LogP contribution >= 0.6 is 0 Å². The van der Waals surface area contributed by atoms with Crippen LogP contribution in [0.25, 0.3) is 0 Å². The lowest BCUT2D eigenvalue weighted by Crippen LogP contribution is -2.50. The van der Waals surface area contributed by atoms with Gasteiger partial charge in [0.1, 0.15) is 11.6 Å². The van der Waals surface area contributed by atoms with Gasteiger partial charge < -0.3 is 11.1 Å². The first-order chi connectivity index (χ1) is 10.5. The fourth-order valence-electron chi connectivity index (χ4n) is 4.33. The second-order valence-corrected chi connectivity index (χ2v) is 7.05. The highest BCUT2D eigenvalue weighted by Crippen LogP contribution is 2.37. The lowest BCUT2D eigenvalue weighted by atomic mass is 9.84. The minimum absolute atomic E-state index is 0.241. The van der Waals surface area contributed by atoms with Gasteiger partial charge in [-0.3, -0.25) is 9.59 Å². The Labute approximate surface area is 130 Å². The number of urea groups is 1. The van der Waals surface area contributed by atoms with Gasteiger partial charge in [0, 0.05) is 0 Å². The minimum atomic E-state index is -0.796. The fourth-order valence-corrected chi connectivity index (χ4v) is 4.33. The van der Waals surface area contributed by atoms with Crippen LogP contribution in [0.15, 0.2) is 0 Å². The molecule has 3 rings (SSSR count). The molecule has 1 aliphatic heterocycles. The average Bonchev–Trinajstić information content (AvgIpc) is 3.05. The molecule has 1 atom stereocenters. The van der Waals surface area contributed by atoms with Crippen molar-refractivity contribution in [2.24, 2.45) is 11.7 Å². The van der Waals surface area contributed by atoms with E-state index < -0.39 is 23.5 Å². The molecule has 0 radical (unpaired) electrons. The first kappa shape index (κ1) is 15.3. The molecule has 3 N–H and O–H groups in total. The summed E-state index contributed by atoms with van der Waals surface area (Å²) >= 11 is 0. The van der Waals surface area contributed by atoms with Gasteiger partial charge in [-0.05, 0) is 25.2 Å². The van der Waals surface area contributed by atoms with Crippen molar-refractivity contribution in [3.05, 3.63) is 0 Å². The highest BCUT2D eigenvalue weighted by atomic mass is 16.2. The van der Waals surface area contributed by atoms with E-state index in [2.05, 4.69) is 5.32 Å². The fraction of sp³-hybridized carbons (Fsp3) is 0.812. The van der Waals surface area contributed by atoms with Crippen molar-refractivity contribution in [1.29, 1.82) is 0 Å². The molecule has 1 unspecified atom stereocenters. The summed E-state index contributed by atoms with van der Waals surface area (Å²) in [5.41, 5.74) is 4.77. The Morgan fingerprint density at radius 3 is 2.41 bits per heavy atom. The molecular formula is C16H25N3O3. The molecule has 4 amide bonds. The Hall–Kier alpha value is -1.59. The van der Waals surface area contributed by atoms with Gasteiger partial charge in [-0.25, -0.2) is 9.69 Å². The predicted molar refractivity (Wildman–Crippen MR) is 80.8 cm³/mol. The molecule has 6 heteroatoms. The summed E-state index contributed by atoms with van der Waals surface area (Å²) in [5, 5.41) is 2.83. The molecule has 0 aromatic carbocycles. The van der Waals surface area contributed by atoms with Crippen molar-refractivity contribution in [3.8, 4) is 0 Å². The zero-order chi connectivity index (χ0) is 15.7. The smallest absolute Gasteiger partial charge is 0.325 e. The van der Waals surface area contributed by atoms with Crippen molar-refractivity contribution in [1.82, 2.24) is 10.2 Å². The van der Waals surface area contributed by atoms with Gasteiger partial charge in [-0.2, -0.15) is 0 Å². The number of nitrogens with two attached hydrogens (primary N) is 1. The first-order valence-electron chi connectivity index (χ1n) is 8.49. The number of amides is 4. The van der Waals surface area contributed by atoms with Gasteiger partial charge >= 0.3 is 6.03 Å². The number of nitrogens with one attached hydrogen (secondary N) is 1. The SMILES string of the molecule is NC(=O)C(CC1CCCCC1)N1C(=O)NC2(CCCC2)C1=O. The van der Waals surface area contributed by atoms with Gasteiger partial charge in [-0.15, -0.1) is 0 Å². The van der Waals surface area contributed by atoms with Crippen molar-refractivity contribution in [2.45, 2.75) is 75.8 Å². The Balaban J connectivity index is 1.77. The maximum absolute atomic E-state index is 12.8. The number of rotatable bonds is 4. The van der Waals surface area contributed by atoms with E-state index in [-0.39, 0.29) is 5.91 Å². The van der Waals surface area contributed by atoms with Gasteiger partial charge in [-0.1, -0.05) is 44.9 Å². The lowest BCUT2D eigenvalue weighted by molar-refractivity contribution is -0.137. The molecule has 0 aromatic rings. The van der Waals surface area contributed by atoms with E-state index in [0.717, 1.165) is 43.4 Å². The summed E-state index contributed by atoms with van der Waals surface area (Å²) in [6, 6.07) is -1.23. The van der Waals surface area contributed by atoms with Gasteiger partial charge in [0.25, 0.3) is 5.91 Å². The summed E-state index contributed by atoms with van der Waals surface area (Å²) in [7, 11) is 0. The second kappa shape index (κ2) is 5.89. The van der Waals surface area contributed by atoms with Crippen LogP contribution in [-0.2, 0) is 9.59 Å². The molecule has 2 aliphatic carbocycles. The van der Waals surface area contributed by atoms with E-state index >= 15 is 0 Å². The molecule has 122 valence electrons. The molecule has 6 nitrogen and oxygen atoms in total. The van der Waals surface area contributed by atoms with E-state index in [1.165, 1.54) is 6.42 Å². The van der Waals surface area contributed by atoms with Crippen molar-refractivity contribution in [2.75, 3.05) is 0 Å². The van der Waals surface area contributed by atoms with E-state index in [1.807, 2.05) is 0 Å². The van der Waals surface area contributed by atoms with Crippen LogP contribution in [-0.4, -0.2) is 34.3 Å². The maximum Gasteiger partial charge on any atom is 0.325 e. The zero-order valence-corrected chi connectivity index (χ0v) is 13.0. The third-order valence-corrected chi connectivity index (χ3v) is 5.57. The van der Waals surface area contributed by atoms with Gasteiger partial charge in [0.05, 0.1) is 0 Å². The van der Waals surface area contributed by atoms with Crippen LogP contribution in [0.2, 0.25) is 0 Å². The topological polar surface area (TPSA) is 92.5 Å². The van der Waals surface area contributed by atoms with Crippen LogP contribution in [0.1, 0.15) is 64.2 Å². The molecular weight excluding hydrogens is 282 g/mol. The summed E-state index contributed by atoms with van der Waals surface area (Å²) < 4.78 is 0. The summed E-state index contributed by atoms with van der Waals surface area (Å²) in [5.74, 6) is -0.425. The molecule has 1 saturated heterocycles. The molecule has 1 heterocycles. The largest absolute Gasteiger partial charge is 0.368 e. The second-order valence-electron chi connectivity index (χ2n) is 7.05. The number of nitrogens with zero attached hydrogens (tertiary/aromatic N) is 1. The molecule has 2 saturated carbocycles. The molecule has 3 fully saturated rings. The number of hydrogen-bond acceptors (Lipinski definition) is 3. The van der Waals surface area contributed by atoms with E-state index in [0.29, 0.717) is 25.2 Å². The highest BCUT2D eigenvalue weighted by molar-refractivity contribution is 6.09. The summed E-state index contributed by atoms with van der Waals surface area (Å²) in [6.45, 7) is 0. The third-order valence-electron chi connectivity index (χ3n) is 5.57. The van der Waals surface area contributed by atoms with Crippen LogP contribution in [0, 0.1) is 5.92 Å². The number of carbonyl (C=O) groups excluding carboxylic acids is 3. The van der Waals surface area contributed by atoms with Gasteiger partial charge in [0.15, 0.2) is 0 Å². The van der Waals surface area contributed by atoms with Crippen molar-refractivity contribution >= 4 is 17.8 Å². The molecule has 3 aliphatic rings. The zero-order valence-electron chi connectivity index (χ0n) is 13.0. The highest BCUT2D eigenvalue weighted by Gasteiger charge is 2.55. The third kappa shape index (κ3) is 2.59. The quantitative estimate of drug-likeness (QED) is 0.774. The Bertz CT molecular complexity index is 479. The van der Waals surface area contributed by atoms with Crippen molar-refractivity contribution < 1.29 is 14.4 Å². The summed E-state index contributed by atoms with van der Waals surface area (Å²) in [6.07, 6.45) is 9.37. The monoisotopic (exact) mass is 307 g/mol. The minimum Gasteiger partial charge on any atom is -0.368 e.